The molecule has 1 amide bonds. The number of hydrogen-bond acceptors (Lipinski definition) is 5. The number of aryl methyl sites for hydroxylation is 1. The molecule has 5 nitrogen and oxygen atoms in total. The van der Waals surface area contributed by atoms with E-state index in [0.717, 1.165) is 41.2 Å². The van der Waals surface area contributed by atoms with Crippen LogP contribution in [0.25, 0.3) is 0 Å². The van der Waals surface area contributed by atoms with E-state index >= 15 is 0 Å². The number of anilines is 1. The van der Waals surface area contributed by atoms with Crippen LogP contribution in [0.15, 0.2) is 41.4 Å². The summed E-state index contributed by atoms with van der Waals surface area (Å²) in [4.78, 5) is 15.9. The van der Waals surface area contributed by atoms with Gasteiger partial charge in [-0.2, -0.15) is 5.10 Å². The Bertz CT molecular complexity index is 707. The van der Waals surface area contributed by atoms with Gasteiger partial charge < -0.3 is 10.2 Å². The van der Waals surface area contributed by atoms with Gasteiger partial charge in [0.2, 0.25) is 0 Å². The van der Waals surface area contributed by atoms with Crippen LogP contribution in [0.3, 0.4) is 0 Å². The van der Waals surface area contributed by atoms with Crippen LogP contribution in [0.2, 0.25) is 0 Å². The summed E-state index contributed by atoms with van der Waals surface area (Å²) in [6.07, 6.45) is 5.86. The number of aromatic nitrogens is 2. The highest BCUT2D eigenvalue weighted by molar-refractivity contribution is 7.98. The largest absolute Gasteiger partial charge is 0.350 e. The van der Waals surface area contributed by atoms with Crippen molar-refractivity contribution >= 4 is 23.5 Å². The fourth-order valence-corrected chi connectivity index (χ4v) is 3.51. The first-order chi connectivity index (χ1) is 11.7. The van der Waals surface area contributed by atoms with E-state index in [1.54, 1.807) is 18.0 Å². The van der Waals surface area contributed by atoms with Gasteiger partial charge in [-0.1, -0.05) is 6.07 Å². The fraction of sp³-hybridized carbons (Fsp3) is 0.389. The molecule has 1 fully saturated rings. The predicted molar refractivity (Wildman–Crippen MR) is 97.7 cm³/mol. The van der Waals surface area contributed by atoms with E-state index in [0.29, 0.717) is 6.54 Å². The van der Waals surface area contributed by atoms with Gasteiger partial charge in [-0.15, -0.1) is 16.9 Å². The fourth-order valence-electron chi connectivity index (χ4n) is 3.07. The molecule has 1 aliphatic heterocycles. The van der Waals surface area contributed by atoms with E-state index in [4.69, 9.17) is 0 Å². The SMILES string of the molecule is CSc1ccc(C)c(C(=O)NC[C@H]2CCCN2c2cccnn2)c1. The van der Waals surface area contributed by atoms with Gasteiger partial charge in [-0.05, 0) is 55.9 Å². The number of nitrogens with zero attached hydrogens (tertiary/aromatic N) is 3. The highest BCUT2D eigenvalue weighted by Crippen LogP contribution is 2.23. The standard InChI is InChI=1S/C18H22N4OS/c1-13-7-8-15(24-2)11-16(13)18(23)19-12-14-5-4-10-22(14)17-6-3-9-20-21-17/h3,6-9,11,14H,4-5,10,12H2,1-2H3,(H,19,23)/t14-/m1/s1. The van der Waals surface area contributed by atoms with E-state index in [9.17, 15) is 4.79 Å². The van der Waals surface area contributed by atoms with Crippen LogP contribution in [0.4, 0.5) is 5.82 Å². The number of carbonyl (C=O) groups is 1. The van der Waals surface area contributed by atoms with Gasteiger partial charge in [0.15, 0.2) is 5.82 Å². The Morgan fingerprint density at radius 2 is 2.29 bits per heavy atom. The number of benzene rings is 1. The second-order valence-corrected chi connectivity index (χ2v) is 6.84. The maximum Gasteiger partial charge on any atom is 0.251 e. The van der Waals surface area contributed by atoms with Crippen molar-refractivity contribution < 1.29 is 4.79 Å². The van der Waals surface area contributed by atoms with Crippen LogP contribution in [-0.4, -0.2) is 41.5 Å². The molecular weight excluding hydrogens is 320 g/mol. The number of thioether (sulfide) groups is 1. The maximum absolute atomic E-state index is 12.6. The van der Waals surface area contributed by atoms with Gasteiger partial charge in [0, 0.05) is 35.8 Å². The molecule has 2 aromatic rings. The molecule has 0 saturated carbocycles. The molecule has 126 valence electrons. The average molecular weight is 342 g/mol. The quantitative estimate of drug-likeness (QED) is 0.847. The normalized spacial score (nSPS) is 17.1. The van der Waals surface area contributed by atoms with Crippen molar-refractivity contribution in [1.29, 1.82) is 0 Å². The molecular formula is C18H22N4OS. The minimum absolute atomic E-state index is 0.00519. The number of nitrogens with one attached hydrogen (secondary N) is 1. The Labute approximate surface area is 146 Å². The van der Waals surface area contributed by atoms with E-state index in [1.807, 2.05) is 43.5 Å². The highest BCUT2D eigenvalue weighted by Gasteiger charge is 2.26. The zero-order valence-corrected chi connectivity index (χ0v) is 14.8. The van der Waals surface area contributed by atoms with Crippen molar-refractivity contribution in [3.63, 3.8) is 0 Å². The molecule has 1 aromatic heterocycles. The summed E-state index contributed by atoms with van der Waals surface area (Å²) in [5, 5.41) is 11.2. The van der Waals surface area contributed by atoms with Gasteiger partial charge in [-0.3, -0.25) is 4.79 Å². The smallest absolute Gasteiger partial charge is 0.251 e. The molecule has 0 unspecified atom stereocenters. The summed E-state index contributed by atoms with van der Waals surface area (Å²) in [7, 11) is 0. The van der Waals surface area contributed by atoms with Crippen molar-refractivity contribution in [2.75, 3.05) is 24.2 Å². The van der Waals surface area contributed by atoms with Crippen molar-refractivity contribution in [2.24, 2.45) is 0 Å². The van der Waals surface area contributed by atoms with Crippen LogP contribution in [-0.2, 0) is 0 Å². The summed E-state index contributed by atoms with van der Waals surface area (Å²) in [6.45, 7) is 3.55. The molecule has 1 aliphatic rings. The Kier molecular flexibility index (Phi) is 5.35. The van der Waals surface area contributed by atoms with Gasteiger partial charge in [0.1, 0.15) is 0 Å². The Balaban J connectivity index is 1.66. The van der Waals surface area contributed by atoms with Crippen LogP contribution >= 0.6 is 11.8 Å². The van der Waals surface area contributed by atoms with Gasteiger partial charge >= 0.3 is 0 Å². The van der Waals surface area contributed by atoms with Crippen molar-refractivity contribution in [3.05, 3.63) is 47.7 Å². The first kappa shape index (κ1) is 16.8. The first-order valence-corrected chi connectivity index (χ1v) is 9.38. The monoisotopic (exact) mass is 342 g/mol. The van der Waals surface area contributed by atoms with E-state index in [-0.39, 0.29) is 11.9 Å². The summed E-state index contributed by atoms with van der Waals surface area (Å²) < 4.78 is 0. The van der Waals surface area contributed by atoms with Crippen molar-refractivity contribution in [3.8, 4) is 0 Å². The maximum atomic E-state index is 12.6. The van der Waals surface area contributed by atoms with Crippen LogP contribution in [0.1, 0.15) is 28.8 Å². The van der Waals surface area contributed by atoms with Crippen molar-refractivity contribution in [2.45, 2.75) is 30.7 Å². The van der Waals surface area contributed by atoms with E-state index < -0.39 is 0 Å². The molecule has 0 bridgehead atoms. The second kappa shape index (κ2) is 7.66. The molecule has 6 heteroatoms. The Morgan fingerprint density at radius 1 is 1.42 bits per heavy atom. The predicted octanol–water partition coefficient (Wildman–Crippen LogP) is 2.91. The summed E-state index contributed by atoms with van der Waals surface area (Å²) in [5.74, 6) is 0.879. The third-order valence-corrected chi connectivity index (χ3v) is 5.14. The molecule has 3 rings (SSSR count). The molecule has 1 saturated heterocycles. The molecule has 0 spiro atoms. The lowest BCUT2D eigenvalue weighted by Crippen LogP contribution is -2.40. The zero-order valence-electron chi connectivity index (χ0n) is 14.0. The molecule has 0 radical (unpaired) electrons. The second-order valence-electron chi connectivity index (χ2n) is 5.96. The third-order valence-electron chi connectivity index (χ3n) is 4.42. The van der Waals surface area contributed by atoms with Gasteiger partial charge in [0.25, 0.3) is 5.91 Å². The van der Waals surface area contributed by atoms with Crippen LogP contribution in [0.5, 0.6) is 0 Å². The number of rotatable bonds is 5. The van der Waals surface area contributed by atoms with E-state index in [1.165, 1.54) is 0 Å². The lowest BCUT2D eigenvalue weighted by molar-refractivity contribution is 0.0950. The lowest BCUT2D eigenvalue weighted by atomic mass is 10.1. The molecule has 1 atom stereocenters. The highest BCUT2D eigenvalue weighted by atomic mass is 32.2. The summed E-state index contributed by atoms with van der Waals surface area (Å²) >= 11 is 1.65. The first-order valence-electron chi connectivity index (χ1n) is 8.16. The third kappa shape index (κ3) is 3.70. The Hall–Kier alpha value is -2.08. The van der Waals surface area contributed by atoms with E-state index in [2.05, 4.69) is 20.4 Å². The minimum Gasteiger partial charge on any atom is -0.350 e. The molecule has 1 aromatic carbocycles. The lowest BCUT2D eigenvalue weighted by Gasteiger charge is -2.25. The van der Waals surface area contributed by atoms with Crippen LogP contribution in [0, 0.1) is 6.92 Å². The summed E-state index contributed by atoms with van der Waals surface area (Å²) in [5.41, 5.74) is 1.76. The topological polar surface area (TPSA) is 58.1 Å². The molecule has 0 aliphatic carbocycles. The van der Waals surface area contributed by atoms with Gasteiger partial charge in [0.05, 0.1) is 0 Å². The summed E-state index contributed by atoms with van der Waals surface area (Å²) in [6, 6.07) is 10.2. The molecule has 24 heavy (non-hydrogen) atoms. The van der Waals surface area contributed by atoms with Gasteiger partial charge in [-0.25, -0.2) is 0 Å². The van der Waals surface area contributed by atoms with Crippen LogP contribution < -0.4 is 10.2 Å². The minimum atomic E-state index is -0.00519. The molecule has 2 heterocycles. The number of carbonyl (C=O) groups excluding carboxylic acids is 1. The van der Waals surface area contributed by atoms with Crippen molar-refractivity contribution in [1.82, 2.24) is 15.5 Å². The number of amides is 1. The number of hydrogen-bond donors (Lipinski definition) is 1. The Morgan fingerprint density at radius 3 is 3.04 bits per heavy atom. The molecule has 1 N–H and O–H groups in total. The zero-order chi connectivity index (χ0) is 16.9. The average Bonchev–Trinajstić information content (AvgIpc) is 3.09.